The van der Waals surface area contributed by atoms with Crippen molar-refractivity contribution in [2.75, 3.05) is 32.8 Å². The monoisotopic (exact) mass is 279 g/mol. The summed E-state index contributed by atoms with van der Waals surface area (Å²) < 4.78 is 11.4. The summed E-state index contributed by atoms with van der Waals surface area (Å²) in [4.78, 5) is 13.1. The van der Waals surface area contributed by atoms with E-state index >= 15 is 0 Å². The lowest BCUT2D eigenvalue weighted by atomic mass is 10.1. The summed E-state index contributed by atoms with van der Waals surface area (Å²) in [5, 5.41) is 8.89. The van der Waals surface area contributed by atoms with E-state index in [1.807, 2.05) is 12.1 Å². The lowest BCUT2D eigenvalue weighted by molar-refractivity contribution is -0.136. The van der Waals surface area contributed by atoms with Gasteiger partial charge in [-0.1, -0.05) is 25.1 Å². The van der Waals surface area contributed by atoms with Gasteiger partial charge in [-0.25, -0.2) is 0 Å². The second-order valence-corrected chi connectivity index (χ2v) is 4.88. The molecule has 1 heterocycles. The smallest absolute Gasteiger partial charge is 0.307 e. The number of hydrogen-bond donors (Lipinski definition) is 1. The summed E-state index contributed by atoms with van der Waals surface area (Å²) >= 11 is 0. The Balaban J connectivity index is 1.91. The van der Waals surface area contributed by atoms with Gasteiger partial charge in [0.15, 0.2) is 0 Å². The number of para-hydroxylation sites is 1. The number of morpholine rings is 1. The van der Waals surface area contributed by atoms with Crippen LogP contribution >= 0.6 is 0 Å². The highest BCUT2D eigenvalue weighted by atomic mass is 16.5. The van der Waals surface area contributed by atoms with Crippen molar-refractivity contribution < 1.29 is 19.4 Å². The predicted molar refractivity (Wildman–Crippen MR) is 75.1 cm³/mol. The van der Waals surface area contributed by atoms with Gasteiger partial charge in [0.1, 0.15) is 18.5 Å². The van der Waals surface area contributed by atoms with E-state index in [2.05, 4.69) is 11.8 Å². The maximum Gasteiger partial charge on any atom is 0.307 e. The Labute approximate surface area is 119 Å². The van der Waals surface area contributed by atoms with Crippen LogP contribution in [-0.4, -0.2) is 54.9 Å². The minimum atomic E-state index is -0.855. The third-order valence-corrected chi connectivity index (χ3v) is 3.41. The third-order valence-electron chi connectivity index (χ3n) is 3.41. The van der Waals surface area contributed by atoms with Crippen LogP contribution in [0.25, 0.3) is 0 Å². The maximum absolute atomic E-state index is 10.8. The van der Waals surface area contributed by atoms with E-state index in [4.69, 9.17) is 14.6 Å². The van der Waals surface area contributed by atoms with Crippen molar-refractivity contribution in [3.05, 3.63) is 29.8 Å². The van der Waals surface area contributed by atoms with Crippen LogP contribution in [-0.2, 0) is 16.0 Å². The second kappa shape index (κ2) is 7.26. The molecular formula is C15H21NO4. The number of carboxylic acid groups (broad SMARTS) is 1. The van der Waals surface area contributed by atoms with Gasteiger partial charge in [0.2, 0.25) is 0 Å². The molecule has 5 nitrogen and oxygen atoms in total. The Morgan fingerprint density at radius 3 is 3.05 bits per heavy atom. The molecule has 1 fully saturated rings. The summed E-state index contributed by atoms with van der Waals surface area (Å²) in [5.74, 6) is -0.223. The Morgan fingerprint density at radius 2 is 2.30 bits per heavy atom. The van der Waals surface area contributed by atoms with Crippen LogP contribution in [0.4, 0.5) is 0 Å². The fraction of sp³-hybridized carbons (Fsp3) is 0.533. The molecular weight excluding hydrogens is 258 g/mol. The van der Waals surface area contributed by atoms with Crippen molar-refractivity contribution in [2.24, 2.45) is 0 Å². The minimum Gasteiger partial charge on any atom is -0.491 e. The minimum absolute atomic E-state index is 0.0250. The van der Waals surface area contributed by atoms with Gasteiger partial charge in [0, 0.05) is 18.7 Å². The normalized spacial score (nSPS) is 19.8. The van der Waals surface area contributed by atoms with Crippen LogP contribution in [0.15, 0.2) is 24.3 Å². The van der Waals surface area contributed by atoms with Gasteiger partial charge in [-0.15, -0.1) is 0 Å². The first-order valence-electron chi connectivity index (χ1n) is 6.95. The number of likely N-dealkylation sites (N-methyl/N-ethyl adjacent to an activating group) is 1. The van der Waals surface area contributed by atoms with Gasteiger partial charge in [-0.3, -0.25) is 9.69 Å². The highest BCUT2D eigenvalue weighted by Crippen LogP contribution is 2.19. The summed E-state index contributed by atoms with van der Waals surface area (Å²) in [5.41, 5.74) is 0.697. The lowest BCUT2D eigenvalue weighted by Gasteiger charge is -2.32. The van der Waals surface area contributed by atoms with Gasteiger partial charge in [-0.05, 0) is 12.6 Å². The number of nitrogens with zero attached hydrogens (tertiary/aromatic N) is 1. The van der Waals surface area contributed by atoms with Crippen LogP contribution in [0.2, 0.25) is 0 Å². The molecule has 1 N–H and O–H groups in total. The molecule has 1 aromatic carbocycles. The van der Waals surface area contributed by atoms with Crippen LogP contribution < -0.4 is 4.74 Å². The number of benzene rings is 1. The number of aliphatic carboxylic acids is 1. The van der Waals surface area contributed by atoms with Crippen molar-refractivity contribution in [1.29, 1.82) is 0 Å². The molecule has 0 saturated carbocycles. The van der Waals surface area contributed by atoms with Crippen molar-refractivity contribution in [1.82, 2.24) is 4.90 Å². The SMILES string of the molecule is CCN1CCOC(COc2ccccc2CC(=O)O)C1. The molecule has 20 heavy (non-hydrogen) atoms. The van der Waals surface area contributed by atoms with E-state index in [0.29, 0.717) is 17.9 Å². The van der Waals surface area contributed by atoms with Crippen molar-refractivity contribution in [3.8, 4) is 5.75 Å². The lowest BCUT2D eigenvalue weighted by Crippen LogP contribution is -2.44. The largest absolute Gasteiger partial charge is 0.491 e. The summed E-state index contributed by atoms with van der Waals surface area (Å²) in [7, 11) is 0. The van der Waals surface area contributed by atoms with Crippen LogP contribution in [0.5, 0.6) is 5.75 Å². The van der Waals surface area contributed by atoms with E-state index < -0.39 is 5.97 Å². The number of carbonyl (C=O) groups is 1. The van der Waals surface area contributed by atoms with Crippen molar-refractivity contribution in [2.45, 2.75) is 19.4 Å². The molecule has 1 aliphatic rings. The fourth-order valence-electron chi connectivity index (χ4n) is 2.30. The Morgan fingerprint density at radius 1 is 1.50 bits per heavy atom. The quantitative estimate of drug-likeness (QED) is 0.853. The molecule has 0 aliphatic carbocycles. The zero-order valence-electron chi connectivity index (χ0n) is 11.7. The number of carboxylic acids is 1. The van der Waals surface area contributed by atoms with Gasteiger partial charge in [-0.2, -0.15) is 0 Å². The molecule has 1 aromatic rings. The summed E-state index contributed by atoms with van der Waals surface area (Å²) in [6.45, 7) is 6.13. The highest BCUT2D eigenvalue weighted by Gasteiger charge is 2.20. The van der Waals surface area contributed by atoms with Crippen molar-refractivity contribution in [3.63, 3.8) is 0 Å². The average Bonchev–Trinajstić information content (AvgIpc) is 2.46. The first-order valence-corrected chi connectivity index (χ1v) is 6.95. The van der Waals surface area contributed by atoms with E-state index in [9.17, 15) is 4.79 Å². The van der Waals surface area contributed by atoms with Gasteiger partial charge in [0.25, 0.3) is 0 Å². The van der Waals surface area contributed by atoms with E-state index in [1.165, 1.54) is 0 Å². The molecule has 1 unspecified atom stereocenters. The topological polar surface area (TPSA) is 59.0 Å². The number of rotatable bonds is 6. The van der Waals surface area contributed by atoms with Crippen LogP contribution in [0, 0.1) is 0 Å². The predicted octanol–water partition coefficient (Wildman–Crippen LogP) is 1.41. The van der Waals surface area contributed by atoms with E-state index in [0.717, 1.165) is 26.2 Å². The molecule has 2 rings (SSSR count). The Bertz CT molecular complexity index is 449. The third kappa shape index (κ3) is 4.21. The summed E-state index contributed by atoms with van der Waals surface area (Å²) in [6.07, 6.45) is 0.0181. The maximum atomic E-state index is 10.8. The molecule has 0 bridgehead atoms. The van der Waals surface area contributed by atoms with Gasteiger partial charge >= 0.3 is 5.97 Å². The van der Waals surface area contributed by atoms with Crippen molar-refractivity contribution >= 4 is 5.97 Å². The van der Waals surface area contributed by atoms with E-state index in [1.54, 1.807) is 12.1 Å². The van der Waals surface area contributed by atoms with Crippen LogP contribution in [0.3, 0.4) is 0 Å². The number of hydrogen-bond acceptors (Lipinski definition) is 4. The molecule has 1 saturated heterocycles. The second-order valence-electron chi connectivity index (χ2n) is 4.88. The molecule has 1 aliphatic heterocycles. The fourth-order valence-corrected chi connectivity index (χ4v) is 2.30. The summed E-state index contributed by atoms with van der Waals surface area (Å²) in [6, 6.07) is 7.25. The standard InChI is InChI=1S/C15H21NO4/c1-2-16-7-8-19-13(10-16)11-20-14-6-4-3-5-12(14)9-15(17)18/h3-6,13H,2,7-11H2,1H3,(H,17,18). The molecule has 110 valence electrons. The van der Waals surface area contributed by atoms with Gasteiger partial charge < -0.3 is 14.6 Å². The molecule has 0 aromatic heterocycles. The molecule has 1 atom stereocenters. The zero-order chi connectivity index (χ0) is 14.4. The Kier molecular flexibility index (Phi) is 5.38. The Hall–Kier alpha value is -1.59. The first kappa shape index (κ1) is 14.8. The first-order chi connectivity index (χ1) is 9.69. The molecule has 5 heteroatoms. The molecule has 0 amide bonds. The van der Waals surface area contributed by atoms with E-state index in [-0.39, 0.29) is 12.5 Å². The zero-order valence-corrected chi connectivity index (χ0v) is 11.7. The number of ether oxygens (including phenoxy) is 2. The highest BCUT2D eigenvalue weighted by molar-refractivity contribution is 5.71. The molecule has 0 spiro atoms. The molecule has 0 radical (unpaired) electrons. The van der Waals surface area contributed by atoms with Crippen LogP contribution in [0.1, 0.15) is 12.5 Å². The average molecular weight is 279 g/mol. The van der Waals surface area contributed by atoms with Gasteiger partial charge in [0.05, 0.1) is 13.0 Å².